The minimum atomic E-state index is 0.375. The lowest BCUT2D eigenvalue weighted by molar-refractivity contribution is -0.126. The number of carbonyl (C=O) groups is 1. The summed E-state index contributed by atoms with van der Waals surface area (Å²) in [7, 11) is 2.93. The van der Waals surface area contributed by atoms with Crippen molar-refractivity contribution >= 4 is 12.3 Å². The van der Waals surface area contributed by atoms with Gasteiger partial charge in [-0.1, -0.05) is 6.92 Å². The fraction of sp³-hybridized carbons (Fsp3) is 0.615. The topological polar surface area (TPSA) is 64.6 Å². The van der Waals surface area contributed by atoms with Crippen molar-refractivity contribution in [2.24, 2.45) is 0 Å². The van der Waals surface area contributed by atoms with E-state index >= 15 is 0 Å². The Labute approximate surface area is 113 Å². The Hall–Kier alpha value is -1.85. The second kappa shape index (κ2) is 8.29. The minimum absolute atomic E-state index is 0.375. The second-order valence-corrected chi connectivity index (χ2v) is 4.08. The predicted molar refractivity (Wildman–Crippen MR) is 72.5 cm³/mol. The van der Waals surface area contributed by atoms with Crippen LogP contribution >= 0.6 is 0 Å². The maximum atomic E-state index is 8.95. The quantitative estimate of drug-likeness (QED) is 0.769. The Kier molecular flexibility index (Phi) is 6.63. The molecule has 6 nitrogen and oxygen atoms in total. The van der Waals surface area contributed by atoms with Gasteiger partial charge in [-0.2, -0.15) is 4.98 Å². The Morgan fingerprint density at radius 1 is 1.32 bits per heavy atom. The summed E-state index contributed by atoms with van der Waals surface area (Å²) in [5.74, 6) is 1.01. The van der Waals surface area contributed by atoms with Crippen LogP contribution in [0.1, 0.15) is 25.5 Å². The molecule has 1 aromatic rings. The molecule has 0 bridgehead atoms. The van der Waals surface area contributed by atoms with Gasteiger partial charge in [0.15, 0.2) is 0 Å². The molecule has 19 heavy (non-hydrogen) atoms. The molecule has 1 saturated heterocycles. The molecule has 2 rings (SSSR count). The van der Waals surface area contributed by atoms with Gasteiger partial charge in [0.1, 0.15) is 5.82 Å². The van der Waals surface area contributed by atoms with Gasteiger partial charge in [0.2, 0.25) is 0 Å². The van der Waals surface area contributed by atoms with E-state index in [-0.39, 0.29) is 0 Å². The third-order valence-electron chi connectivity index (χ3n) is 2.82. The maximum absolute atomic E-state index is 8.95. The van der Waals surface area contributed by atoms with Crippen LogP contribution in [0.2, 0.25) is 0 Å². The number of hydrogen-bond acceptors (Lipinski definition) is 6. The van der Waals surface area contributed by atoms with Gasteiger partial charge >= 0.3 is 6.01 Å². The molecule has 2 heterocycles. The SMILES string of the molecule is CCc1cc(N2CCCC2)nc(OC)n1.COC=O. The largest absolute Gasteiger partial charge is 0.471 e. The van der Waals surface area contributed by atoms with Crippen LogP contribution in [0, 0.1) is 0 Å². The van der Waals surface area contributed by atoms with Crippen LogP contribution in [-0.4, -0.2) is 43.7 Å². The van der Waals surface area contributed by atoms with Gasteiger partial charge in [0.25, 0.3) is 6.47 Å². The Morgan fingerprint density at radius 3 is 2.42 bits per heavy atom. The number of nitrogens with zero attached hydrogens (tertiary/aromatic N) is 3. The van der Waals surface area contributed by atoms with Crippen molar-refractivity contribution in [3.05, 3.63) is 11.8 Å². The molecule has 1 aromatic heterocycles. The summed E-state index contributed by atoms with van der Waals surface area (Å²) in [5.41, 5.74) is 1.05. The normalized spacial score (nSPS) is 13.5. The Bertz CT molecular complexity index is 370. The molecule has 0 aromatic carbocycles. The van der Waals surface area contributed by atoms with Crippen LogP contribution in [0.4, 0.5) is 5.82 Å². The smallest absolute Gasteiger partial charge is 0.318 e. The average molecular weight is 267 g/mol. The first-order chi connectivity index (χ1) is 9.24. The molecule has 0 unspecified atom stereocenters. The number of aryl methyl sites for hydroxylation is 1. The second-order valence-electron chi connectivity index (χ2n) is 4.08. The van der Waals surface area contributed by atoms with Crippen molar-refractivity contribution < 1.29 is 14.3 Å². The van der Waals surface area contributed by atoms with Gasteiger partial charge in [0, 0.05) is 24.8 Å². The van der Waals surface area contributed by atoms with Gasteiger partial charge in [0.05, 0.1) is 14.2 Å². The first-order valence-corrected chi connectivity index (χ1v) is 6.38. The summed E-state index contributed by atoms with van der Waals surface area (Å²) >= 11 is 0. The number of methoxy groups -OCH3 is 2. The van der Waals surface area contributed by atoms with E-state index in [1.165, 1.54) is 20.0 Å². The molecule has 0 amide bonds. The molecular formula is C13H21N3O3. The summed E-state index contributed by atoms with van der Waals surface area (Å²) in [5, 5.41) is 0. The standard InChI is InChI=1S/C11H17N3O.C2H4O2/c1-3-9-8-10(13-11(12-9)15-2)14-6-4-5-7-14;1-4-2-3/h8H,3-7H2,1-2H3;2H,1H3. The van der Waals surface area contributed by atoms with E-state index in [9.17, 15) is 0 Å². The fourth-order valence-electron chi connectivity index (χ4n) is 1.84. The van der Waals surface area contributed by atoms with E-state index in [0.29, 0.717) is 12.5 Å². The number of ether oxygens (including phenoxy) is 2. The number of rotatable bonds is 4. The first kappa shape index (κ1) is 15.2. The van der Waals surface area contributed by atoms with Gasteiger partial charge in [-0.15, -0.1) is 0 Å². The van der Waals surface area contributed by atoms with E-state index in [4.69, 9.17) is 9.53 Å². The van der Waals surface area contributed by atoms with E-state index in [1.807, 2.05) is 0 Å². The first-order valence-electron chi connectivity index (χ1n) is 6.38. The molecule has 106 valence electrons. The number of hydrogen-bond donors (Lipinski definition) is 0. The predicted octanol–water partition coefficient (Wildman–Crippen LogP) is 1.44. The van der Waals surface area contributed by atoms with E-state index in [2.05, 4.69) is 32.6 Å². The lowest BCUT2D eigenvalue weighted by Crippen LogP contribution is -2.19. The highest BCUT2D eigenvalue weighted by atomic mass is 16.5. The van der Waals surface area contributed by atoms with E-state index in [1.54, 1.807) is 7.11 Å². The van der Waals surface area contributed by atoms with Crippen LogP contribution in [0.25, 0.3) is 0 Å². The molecule has 1 aliphatic rings. The molecule has 0 N–H and O–H groups in total. The van der Waals surface area contributed by atoms with Crippen LogP contribution in [0.5, 0.6) is 6.01 Å². The van der Waals surface area contributed by atoms with Crippen molar-refractivity contribution in [3.63, 3.8) is 0 Å². The summed E-state index contributed by atoms with van der Waals surface area (Å²) in [6, 6.07) is 2.55. The monoisotopic (exact) mass is 267 g/mol. The van der Waals surface area contributed by atoms with Gasteiger partial charge in [-0.3, -0.25) is 4.79 Å². The highest BCUT2D eigenvalue weighted by molar-refractivity contribution is 5.41. The maximum Gasteiger partial charge on any atom is 0.318 e. The molecule has 0 spiro atoms. The summed E-state index contributed by atoms with van der Waals surface area (Å²) in [6.07, 6.45) is 3.43. The molecule has 0 saturated carbocycles. The lowest BCUT2D eigenvalue weighted by atomic mass is 10.3. The fourth-order valence-corrected chi connectivity index (χ4v) is 1.84. The van der Waals surface area contributed by atoms with Crippen molar-refractivity contribution in [3.8, 4) is 6.01 Å². The zero-order chi connectivity index (χ0) is 14.1. The minimum Gasteiger partial charge on any atom is -0.471 e. The lowest BCUT2D eigenvalue weighted by Gasteiger charge is -2.17. The van der Waals surface area contributed by atoms with Crippen LogP contribution in [0.3, 0.4) is 0 Å². The molecule has 0 atom stereocenters. The van der Waals surface area contributed by atoms with E-state index < -0.39 is 0 Å². The molecular weight excluding hydrogens is 246 g/mol. The van der Waals surface area contributed by atoms with Crippen LogP contribution in [-0.2, 0) is 16.0 Å². The third-order valence-corrected chi connectivity index (χ3v) is 2.82. The van der Waals surface area contributed by atoms with Crippen molar-refractivity contribution in [1.29, 1.82) is 0 Å². The number of carbonyl (C=O) groups excluding carboxylic acids is 1. The third kappa shape index (κ3) is 4.73. The highest BCUT2D eigenvalue weighted by Crippen LogP contribution is 2.20. The van der Waals surface area contributed by atoms with Crippen molar-refractivity contribution in [1.82, 2.24) is 9.97 Å². The van der Waals surface area contributed by atoms with E-state index in [0.717, 1.165) is 31.0 Å². The summed E-state index contributed by atoms with van der Waals surface area (Å²) < 4.78 is 8.97. The molecule has 0 aliphatic carbocycles. The zero-order valence-corrected chi connectivity index (χ0v) is 11.8. The Morgan fingerprint density at radius 2 is 1.95 bits per heavy atom. The van der Waals surface area contributed by atoms with Crippen molar-refractivity contribution in [2.45, 2.75) is 26.2 Å². The summed E-state index contributed by atoms with van der Waals surface area (Å²) in [4.78, 5) is 19.9. The van der Waals surface area contributed by atoms with Gasteiger partial charge in [-0.25, -0.2) is 4.98 Å². The highest BCUT2D eigenvalue weighted by Gasteiger charge is 2.15. The van der Waals surface area contributed by atoms with Gasteiger partial charge < -0.3 is 14.4 Å². The van der Waals surface area contributed by atoms with Gasteiger partial charge in [-0.05, 0) is 19.3 Å². The zero-order valence-electron chi connectivity index (χ0n) is 11.8. The van der Waals surface area contributed by atoms with Crippen LogP contribution in [0.15, 0.2) is 6.07 Å². The molecule has 1 fully saturated rings. The van der Waals surface area contributed by atoms with Crippen molar-refractivity contribution in [2.75, 3.05) is 32.2 Å². The molecule has 6 heteroatoms. The van der Waals surface area contributed by atoms with Crippen LogP contribution < -0.4 is 9.64 Å². The number of aromatic nitrogens is 2. The number of anilines is 1. The average Bonchev–Trinajstić information content (AvgIpc) is 3.01. The molecule has 0 radical (unpaired) electrons. The Balaban J connectivity index is 0.000000399. The molecule has 1 aliphatic heterocycles. The summed E-state index contributed by atoms with van der Waals surface area (Å²) in [6.45, 7) is 4.67.